The molecule has 0 rings (SSSR count). The van der Waals surface area contributed by atoms with E-state index in [2.05, 4.69) is 0 Å². The Bertz CT molecular complexity index is 76.0. The molecule has 12 heteroatoms. The second-order valence-electron chi connectivity index (χ2n) is 0.476. The van der Waals surface area contributed by atoms with Crippen molar-refractivity contribution in [3.05, 3.63) is 20.2 Å². The first kappa shape index (κ1) is 36.8. The predicted octanol–water partition coefficient (Wildman–Crippen LogP) is -1.68. The Morgan fingerprint density at radius 2 is 0.833 bits per heavy atom. The maximum absolute atomic E-state index is 8.36. The molecule has 0 aliphatic heterocycles. The van der Waals surface area contributed by atoms with Gasteiger partial charge in [0.15, 0.2) is 0 Å². The van der Waals surface area contributed by atoms with Gasteiger partial charge in [0.05, 0.1) is 0 Å². The summed E-state index contributed by atoms with van der Waals surface area (Å²) in [5.41, 5.74) is 0. The van der Waals surface area contributed by atoms with Gasteiger partial charge in [0.1, 0.15) is 0 Å². The third-order valence-corrected chi connectivity index (χ3v) is 0. The van der Waals surface area contributed by atoms with Crippen LogP contribution in [-0.2, 0) is 0 Å². The van der Waals surface area contributed by atoms with Gasteiger partial charge in [-0.1, -0.05) is 0 Å². The fraction of sp³-hybridized carbons (Fsp3) is 0. The standard InChI is InChI=1S/3Ca.2HNO3.H3N/c;;;2*2-1(3)4;/h;;;2*(H,2,3,4);1H3/q3*+2;;;. The normalized spacial score (nSPS) is 4.00. The van der Waals surface area contributed by atoms with Crippen LogP contribution in [0.5, 0.6) is 0 Å². The zero-order valence-corrected chi connectivity index (χ0v) is 12.9. The van der Waals surface area contributed by atoms with Gasteiger partial charge < -0.3 is 16.6 Å². The van der Waals surface area contributed by atoms with Crippen molar-refractivity contribution in [1.82, 2.24) is 6.15 Å². The van der Waals surface area contributed by atoms with Crippen LogP contribution in [0.4, 0.5) is 0 Å². The van der Waals surface area contributed by atoms with Gasteiger partial charge in [0.2, 0.25) is 0 Å². The van der Waals surface area contributed by atoms with Crippen molar-refractivity contribution in [2.45, 2.75) is 0 Å². The van der Waals surface area contributed by atoms with Gasteiger partial charge in [-0.15, -0.1) is 20.2 Å². The maximum atomic E-state index is 8.36. The molecule has 5 N–H and O–H groups in total. The fourth-order valence-electron chi connectivity index (χ4n) is 0. The minimum absolute atomic E-state index is 0. The van der Waals surface area contributed by atoms with Gasteiger partial charge in [0, 0.05) is 0 Å². The van der Waals surface area contributed by atoms with Crippen molar-refractivity contribution < 1.29 is 20.6 Å². The molecule has 12 heavy (non-hydrogen) atoms. The van der Waals surface area contributed by atoms with Crippen LogP contribution in [0.3, 0.4) is 0 Å². The summed E-state index contributed by atoms with van der Waals surface area (Å²) < 4.78 is 0. The second-order valence-corrected chi connectivity index (χ2v) is 0.476. The van der Waals surface area contributed by atoms with E-state index in [9.17, 15) is 0 Å². The van der Waals surface area contributed by atoms with E-state index in [0.29, 0.717) is 0 Å². The minimum atomic E-state index is -1.50. The molecular weight excluding hydrogens is 258 g/mol. The summed E-state index contributed by atoms with van der Waals surface area (Å²) in [6.07, 6.45) is 0. The predicted molar refractivity (Wildman–Crippen MR) is 39.8 cm³/mol. The molecule has 0 aromatic carbocycles. The molecule has 56 valence electrons. The first-order valence-corrected chi connectivity index (χ1v) is 1.13. The second kappa shape index (κ2) is 29.2. The molecule has 0 spiro atoms. The Morgan fingerprint density at radius 1 is 0.833 bits per heavy atom. The maximum Gasteiger partial charge on any atom is 2.00 e. The van der Waals surface area contributed by atoms with E-state index in [1.165, 1.54) is 0 Å². The summed E-state index contributed by atoms with van der Waals surface area (Å²) in [7, 11) is 0. The number of hydrogen-bond donors (Lipinski definition) is 3. The topological polar surface area (TPSA) is 162 Å². The van der Waals surface area contributed by atoms with Crippen LogP contribution in [0, 0.1) is 20.2 Å². The quantitative estimate of drug-likeness (QED) is 0.267. The molecule has 0 aliphatic carbocycles. The van der Waals surface area contributed by atoms with Crippen LogP contribution in [0.25, 0.3) is 0 Å². The molecule has 0 radical (unpaired) electrons. The Morgan fingerprint density at radius 3 is 0.833 bits per heavy atom. The van der Waals surface area contributed by atoms with Crippen molar-refractivity contribution in [3.8, 4) is 0 Å². The summed E-state index contributed by atoms with van der Waals surface area (Å²) in [6.45, 7) is 0. The summed E-state index contributed by atoms with van der Waals surface area (Å²) in [5.74, 6) is 0. The summed E-state index contributed by atoms with van der Waals surface area (Å²) in [4.78, 5) is 16.7. The van der Waals surface area contributed by atoms with Gasteiger partial charge in [-0.2, -0.15) is 0 Å². The van der Waals surface area contributed by atoms with E-state index >= 15 is 0 Å². The van der Waals surface area contributed by atoms with E-state index in [4.69, 9.17) is 30.6 Å². The van der Waals surface area contributed by atoms with Gasteiger partial charge in [-0.25, -0.2) is 0 Å². The molecule has 0 bridgehead atoms. The third kappa shape index (κ3) is 329. The molecular formula is H5Ca3N3O6+6. The Kier molecular flexibility index (Phi) is 89.7. The Labute approximate surface area is 157 Å². The van der Waals surface area contributed by atoms with Crippen molar-refractivity contribution in [2.75, 3.05) is 0 Å². The number of nitrogens with zero attached hydrogens (tertiary/aromatic N) is 2. The largest absolute Gasteiger partial charge is 2.00 e. The van der Waals surface area contributed by atoms with E-state index in [0.717, 1.165) is 0 Å². The average Bonchev–Trinajstić information content (AvgIpc) is 1.25. The summed E-state index contributed by atoms with van der Waals surface area (Å²) in [5, 5.41) is 27.3. The average molecular weight is 263 g/mol. The third-order valence-electron chi connectivity index (χ3n) is 0. The molecule has 0 unspecified atom stereocenters. The Hall–Kier alpha value is 2.14. The first-order chi connectivity index (χ1) is 3.46. The molecule has 0 aliphatic rings. The SMILES string of the molecule is N.O=[N+]([O-])O.O=[N+]([O-])O.[Ca+2].[Ca+2].[Ca+2]. The molecule has 0 amide bonds. The Balaban J connectivity index is -0.0000000112. The molecule has 0 atom stereocenters. The molecule has 0 aromatic rings. The van der Waals surface area contributed by atoms with Crippen molar-refractivity contribution in [1.29, 1.82) is 0 Å². The fourth-order valence-corrected chi connectivity index (χ4v) is 0. The summed E-state index contributed by atoms with van der Waals surface area (Å²) in [6, 6.07) is 0. The van der Waals surface area contributed by atoms with Crippen molar-refractivity contribution in [2.24, 2.45) is 0 Å². The van der Waals surface area contributed by atoms with E-state index < -0.39 is 10.2 Å². The van der Waals surface area contributed by atoms with E-state index in [1.807, 2.05) is 0 Å². The zero-order chi connectivity index (χ0) is 7.15. The van der Waals surface area contributed by atoms with Gasteiger partial charge >= 0.3 is 113 Å². The molecule has 9 nitrogen and oxygen atoms in total. The monoisotopic (exact) mass is 263 g/mol. The van der Waals surface area contributed by atoms with Crippen molar-refractivity contribution in [3.63, 3.8) is 0 Å². The van der Waals surface area contributed by atoms with Crippen LogP contribution in [0.15, 0.2) is 0 Å². The number of hydrogen-bond acceptors (Lipinski definition) is 5. The zero-order valence-electron chi connectivity index (χ0n) is 6.25. The van der Waals surface area contributed by atoms with Gasteiger partial charge in [-0.3, -0.25) is 0 Å². The van der Waals surface area contributed by atoms with E-state index in [-0.39, 0.29) is 119 Å². The smallest absolute Gasteiger partial charge is 0.344 e. The summed E-state index contributed by atoms with van der Waals surface area (Å²) >= 11 is 0. The molecule has 0 saturated carbocycles. The van der Waals surface area contributed by atoms with Crippen LogP contribution in [0.1, 0.15) is 0 Å². The first-order valence-electron chi connectivity index (χ1n) is 1.13. The van der Waals surface area contributed by atoms with Gasteiger partial charge in [0.25, 0.3) is 10.2 Å². The van der Waals surface area contributed by atoms with Crippen LogP contribution >= 0.6 is 0 Å². The van der Waals surface area contributed by atoms with E-state index in [1.54, 1.807) is 0 Å². The molecule has 0 heterocycles. The molecule has 0 aromatic heterocycles. The molecule has 0 saturated heterocycles. The van der Waals surface area contributed by atoms with Crippen LogP contribution in [-0.4, -0.2) is 134 Å². The number of rotatable bonds is 0. The minimum Gasteiger partial charge on any atom is -0.344 e. The molecule has 0 fully saturated rings. The van der Waals surface area contributed by atoms with Gasteiger partial charge in [-0.05, 0) is 0 Å². The van der Waals surface area contributed by atoms with Crippen LogP contribution in [0.2, 0.25) is 0 Å². The van der Waals surface area contributed by atoms with Crippen LogP contribution < -0.4 is 6.15 Å². The van der Waals surface area contributed by atoms with Crippen molar-refractivity contribution >= 4 is 113 Å².